The summed E-state index contributed by atoms with van der Waals surface area (Å²) in [5, 5.41) is 1.65. The SMILES string of the molecule is CC(=O)NC(F)(F)C1CCC1. The van der Waals surface area contributed by atoms with Crippen LogP contribution in [-0.2, 0) is 4.79 Å². The van der Waals surface area contributed by atoms with E-state index in [1.54, 1.807) is 5.32 Å². The second-order valence-electron chi connectivity index (χ2n) is 2.93. The first-order valence-electron chi connectivity index (χ1n) is 3.69. The Morgan fingerprint density at radius 3 is 2.36 bits per heavy atom. The Labute approximate surface area is 64.0 Å². The molecular formula is C7H11F2NO. The fourth-order valence-corrected chi connectivity index (χ4v) is 1.11. The van der Waals surface area contributed by atoms with Gasteiger partial charge in [0.2, 0.25) is 5.91 Å². The van der Waals surface area contributed by atoms with Crippen LogP contribution in [0, 0.1) is 5.92 Å². The molecule has 0 aromatic heterocycles. The number of carbonyl (C=O) groups excluding carboxylic acids is 1. The maximum absolute atomic E-state index is 12.8. The minimum absolute atomic E-state index is 0.521. The zero-order chi connectivity index (χ0) is 8.48. The average molecular weight is 163 g/mol. The van der Waals surface area contributed by atoms with Crippen molar-refractivity contribution >= 4 is 5.91 Å². The lowest BCUT2D eigenvalue weighted by Crippen LogP contribution is -2.48. The van der Waals surface area contributed by atoms with E-state index in [4.69, 9.17) is 0 Å². The molecule has 0 aromatic rings. The minimum Gasteiger partial charge on any atom is -0.297 e. The lowest BCUT2D eigenvalue weighted by Gasteiger charge is -2.33. The normalized spacial score (nSPS) is 19.2. The van der Waals surface area contributed by atoms with Crippen molar-refractivity contribution in [3.63, 3.8) is 0 Å². The van der Waals surface area contributed by atoms with Crippen LogP contribution in [0.1, 0.15) is 26.2 Å². The zero-order valence-electron chi connectivity index (χ0n) is 6.36. The van der Waals surface area contributed by atoms with Gasteiger partial charge >= 0.3 is 6.05 Å². The second-order valence-corrected chi connectivity index (χ2v) is 2.93. The summed E-state index contributed by atoms with van der Waals surface area (Å²) in [6.45, 7) is 1.10. The highest BCUT2D eigenvalue weighted by atomic mass is 19.3. The Morgan fingerprint density at radius 2 is 2.09 bits per heavy atom. The summed E-state index contributed by atoms with van der Waals surface area (Å²) >= 11 is 0. The molecule has 0 aliphatic heterocycles. The Kier molecular flexibility index (Phi) is 2.11. The largest absolute Gasteiger partial charge is 0.328 e. The number of carbonyl (C=O) groups is 1. The Hall–Kier alpha value is -0.670. The lowest BCUT2D eigenvalue weighted by atomic mass is 9.83. The van der Waals surface area contributed by atoms with Gasteiger partial charge in [0.05, 0.1) is 0 Å². The smallest absolute Gasteiger partial charge is 0.297 e. The molecule has 0 unspecified atom stereocenters. The molecule has 1 fully saturated rings. The van der Waals surface area contributed by atoms with E-state index in [9.17, 15) is 13.6 Å². The summed E-state index contributed by atoms with van der Waals surface area (Å²) in [7, 11) is 0. The van der Waals surface area contributed by atoms with Crippen LogP contribution in [0.3, 0.4) is 0 Å². The van der Waals surface area contributed by atoms with Crippen LogP contribution >= 0.6 is 0 Å². The quantitative estimate of drug-likeness (QED) is 0.614. The molecule has 0 atom stereocenters. The van der Waals surface area contributed by atoms with E-state index in [1.165, 1.54) is 0 Å². The van der Waals surface area contributed by atoms with Crippen LogP contribution in [0.25, 0.3) is 0 Å². The first-order chi connectivity index (χ1) is 5.02. The molecule has 1 aliphatic carbocycles. The summed E-state index contributed by atoms with van der Waals surface area (Å²) in [5.74, 6) is -1.30. The monoisotopic (exact) mass is 163 g/mol. The van der Waals surface area contributed by atoms with Gasteiger partial charge in [-0.05, 0) is 12.8 Å². The summed E-state index contributed by atoms with van der Waals surface area (Å²) < 4.78 is 25.6. The van der Waals surface area contributed by atoms with E-state index in [-0.39, 0.29) is 0 Å². The molecule has 0 aromatic carbocycles. The predicted molar refractivity (Wildman–Crippen MR) is 36.1 cm³/mol. The Morgan fingerprint density at radius 1 is 1.55 bits per heavy atom. The van der Waals surface area contributed by atoms with E-state index in [0.717, 1.165) is 13.3 Å². The van der Waals surface area contributed by atoms with Crippen LogP contribution in [0.5, 0.6) is 0 Å². The molecule has 0 radical (unpaired) electrons. The van der Waals surface area contributed by atoms with Gasteiger partial charge in [-0.1, -0.05) is 6.42 Å². The van der Waals surface area contributed by atoms with Crippen molar-refractivity contribution in [2.75, 3.05) is 0 Å². The maximum Gasteiger partial charge on any atom is 0.328 e. The van der Waals surface area contributed by atoms with Gasteiger partial charge in [-0.3, -0.25) is 10.1 Å². The molecular weight excluding hydrogens is 152 g/mol. The topological polar surface area (TPSA) is 29.1 Å². The van der Waals surface area contributed by atoms with Crippen LogP contribution in [0.2, 0.25) is 0 Å². The fraction of sp³-hybridized carbons (Fsp3) is 0.857. The van der Waals surface area contributed by atoms with Crippen molar-refractivity contribution in [2.45, 2.75) is 32.2 Å². The molecule has 0 heterocycles. The third-order valence-corrected chi connectivity index (χ3v) is 1.96. The lowest BCUT2D eigenvalue weighted by molar-refractivity contribution is -0.145. The summed E-state index contributed by atoms with van der Waals surface area (Å²) in [5.41, 5.74) is 0. The molecule has 1 N–H and O–H groups in total. The maximum atomic E-state index is 12.8. The van der Waals surface area contributed by atoms with E-state index in [0.29, 0.717) is 12.8 Å². The van der Waals surface area contributed by atoms with E-state index >= 15 is 0 Å². The first kappa shape index (κ1) is 8.43. The molecule has 4 heteroatoms. The van der Waals surface area contributed by atoms with Crippen LogP contribution in [0.4, 0.5) is 8.78 Å². The standard InChI is InChI=1S/C7H11F2NO/c1-5(11)10-7(8,9)6-3-2-4-6/h6H,2-4H2,1H3,(H,10,11). The van der Waals surface area contributed by atoms with Crippen LogP contribution in [0.15, 0.2) is 0 Å². The third-order valence-electron chi connectivity index (χ3n) is 1.96. The van der Waals surface area contributed by atoms with Gasteiger partial charge in [-0.25, -0.2) is 0 Å². The highest BCUT2D eigenvalue weighted by Crippen LogP contribution is 2.37. The highest BCUT2D eigenvalue weighted by Gasteiger charge is 2.43. The molecule has 0 saturated heterocycles. The minimum atomic E-state index is -2.98. The number of hydrogen-bond donors (Lipinski definition) is 1. The van der Waals surface area contributed by atoms with Crippen molar-refractivity contribution in [3.8, 4) is 0 Å². The van der Waals surface area contributed by atoms with Crippen molar-refractivity contribution in [3.05, 3.63) is 0 Å². The van der Waals surface area contributed by atoms with Gasteiger partial charge in [0.1, 0.15) is 0 Å². The molecule has 11 heavy (non-hydrogen) atoms. The number of alkyl halides is 2. The van der Waals surface area contributed by atoms with Gasteiger partial charge in [0, 0.05) is 12.8 Å². The van der Waals surface area contributed by atoms with Crippen molar-refractivity contribution in [1.82, 2.24) is 5.32 Å². The van der Waals surface area contributed by atoms with E-state index in [2.05, 4.69) is 0 Å². The molecule has 0 bridgehead atoms. The van der Waals surface area contributed by atoms with Gasteiger partial charge in [0.15, 0.2) is 0 Å². The van der Waals surface area contributed by atoms with Crippen molar-refractivity contribution in [2.24, 2.45) is 5.92 Å². The van der Waals surface area contributed by atoms with E-state index < -0.39 is 17.9 Å². The molecule has 1 rings (SSSR count). The Bertz CT molecular complexity index is 166. The van der Waals surface area contributed by atoms with Crippen LogP contribution < -0.4 is 5.32 Å². The number of rotatable bonds is 2. The third kappa shape index (κ3) is 1.88. The fourth-order valence-electron chi connectivity index (χ4n) is 1.11. The summed E-state index contributed by atoms with van der Waals surface area (Å²) in [6.07, 6.45) is 1.89. The summed E-state index contributed by atoms with van der Waals surface area (Å²) in [4.78, 5) is 10.3. The molecule has 1 aliphatic rings. The number of halogens is 2. The van der Waals surface area contributed by atoms with Gasteiger partial charge < -0.3 is 0 Å². The van der Waals surface area contributed by atoms with E-state index in [1.807, 2.05) is 0 Å². The van der Waals surface area contributed by atoms with Gasteiger partial charge in [-0.15, -0.1) is 0 Å². The molecule has 0 spiro atoms. The average Bonchev–Trinajstić information content (AvgIpc) is 1.50. The molecule has 1 saturated carbocycles. The van der Waals surface area contributed by atoms with Crippen LogP contribution in [-0.4, -0.2) is 12.0 Å². The van der Waals surface area contributed by atoms with Crippen molar-refractivity contribution < 1.29 is 13.6 Å². The zero-order valence-corrected chi connectivity index (χ0v) is 6.36. The molecule has 2 nitrogen and oxygen atoms in total. The predicted octanol–water partition coefficient (Wildman–Crippen LogP) is 1.52. The second kappa shape index (κ2) is 2.75. The highest BCUT2D eigenvalue weighted by molar-refractivity contribution is 5.73. The van der Waals surface area contributed by atoms with Crippen molar-refractivity contribution in [1.29, 1.82) is 0 Å². The molecule has 1 amide bonds. The number of hydrogen-bond acceptors (Lipinski definition) is 1. The van der Waals surface area contributed by atoms with Gasteiger partial charge in [0.25, 0.3) is 0 Å². The van der Waals surface area contributed by atoms with Gasteiger partial charge in [-0.2, -0.15) is 8.78 Å². The Balaban J connectivity index is 2.43. The number of amides is 1. The number of nitrogens with one attached hydrogen (secondary N) is 1. The molecule has 64 valence electrons. The first-order valence-corrected chi connectivity index (χ1v) is 3.69. The summed E-state index contributed by atoms with van der Waals surface area (Å²) in [6, 6.07) is -2.98.